The van der Waals surface area contributed by atoms with E-state index < -0.39 is 0 Å². The van der Waals surface area contributed by atoms with Gasteiger partial charge in [0.15, 0.2) is 5.96 Å². The lowest BCUT2D eigenvalue weighted by Crippen LogP contribution is -2.23. The largest absolute Gasteiger partial charge is 0.370 e. The molecular weight excluding hydrogens is 284 g/mol. The van der Waals surface area contributed by atoms with Crippen LogP contribution in [0, 0.1) is 0 Å². The van der Waals surface area contributed by atoms with E-state index in [0.29, 0.717) is 17.7 Å². The van der Waals surface area contributed by atoms with Crippen molar-refractivity contribution in [2.75, 3.05) is 11.9 Å². The summed E-state index contributed by atoms with van der Waals surface area (Å²) >= 11 is 5.74. The highest BCUT2D eigenvalue weighted by Gasteiger charge is 1.97. The predicted octanol–water partition coefficient (Wildman–Crippen LogP) is 3.27. The monoisotopic (exact) mass is 302 g/mol. The van der Waals surface area contributed by atoms with Crippen LogP contribution in [0.5, 0.6) is 0 Å². The molecule has 21 heavy (non-hydrogen) atoms. The third-order valence-corrected chi connectivity index (χ3v) is 3.30. The van der Waals surface area contributed by atoms with Crippen molar-refractivity contribution >= 4 is 23.2 Å². The lowest BCUT2D eigenvalue weighted by atomic mass is 10.1. The van der Waals surface area contributed by atoms with Crippen molar-refractivity contribution in [2.45, 2.75) is 19.8 Å². The number of aliphatic imine (C=N–C) groups is 1. The summed E-state index contributed by atoms with van der Waals surface area (Å²) in [5.41, 5.74) is 9.20. The molecule has 0 saturated carbocycles. The van der Waals surface area contributed by atoms with Crippen LogP contribution < -0.4 is 11.1 Å². The summed E-state index contributed by atoms with van der Waals surface area (Å²) in [6.45, 7) is 2.73. The summed E-state index contributed by atoms with van der Waals surface area (Å²) in [5.74, 6) is 0.421. The van der Waals surface area contributed by atoms with Gasteiger partial charge in [-0.3, -0.25) is 4.99 Å². The van der Waals surface area contributed by atoms with Crippen molar-refractivity contribution in [3.63, 3.8) is 0 Å². The van der Waals surface area contributed by atoms with Gasteiger partial charge in [0, 0.05) is 18.4 Å². The first-order valence-corrected chi connectivity index (χ1v) is 7.31. The molecule has 0 unspecified atom stereocenters. The fourth-order valence-corrected chi connectivity index (χ4v) is 2.03. The Hall–Kier alpha value is -2.07. The molecule has 2 rings (SSSR count). The molecule has 0 aliphatic heterocycles. The van der Waals surface area contributed by atoms with Gasteiger partial charge in [0.25, 0.3) is 0 Å². The molecule has 0 saturated heterocycles. The van der Waals surface area contributed by atoms with E-state index in [1.165, 1.54) is 5.56 Å². The van der Waals surface area contributed by atoms with Crippen LogP contribution in [-0.4, -0.2) is 17.5 Å². The molecule has 4 nitrogen and oxygen atoms in total. The number of pyridine rings is 1. The van der Waals surface area contributed by atoms with Gasteiger partial charge < -0.3 is 11.1 Å². The van der Waals surface area contributed by atoms with Gasteiger partial charge in [0.2, 0.25) is 0 Å². The normalized spacial score (nSPS) is 11.4. The molecular formula is C16H19ClN4. The van der Waals surface area contributed by atoms with Gasteiger partial charge in [-0.2, -0.15) is 0 Å². The van der Waals surface area contributed by atoms with Crippen molar-refractivity contribution in [1.82, 2.24) is 4.98 Å². The van der Waals surface area contributed by atoms with Crippen molar-refractivity contribution in [3.8, 4) is 0 Å². The number of guanidine groups is 1. The molecule has 5 heteroatoms. The number of nitrogens with two attached hydrogens (primary N) is 1. The molecule has 0 aliphatic carbocycles. The highest BCUT2D eigenvalue weighted by atomic mass is 35.5. The number of hydrogen-bond donors (Lipinski definition) is 2. The lowest BCUT2D eigenvalue weighted by molar-refractivity contribution is 0.955. The van der Waals surface area contributed by atoms with E-state index >= 15 is 0 Å². The summed E-state index contributed by atoms with van der Waals surface area (Å²) < 4.78 is 0. The number of hydrogen-bond acceptors (Lipinski definition) is 2. The van der Waals surface area contributed by atoms with E-state index in [4.69, 9.17) is 17.3 Å². The van der Waals surface area contributed by atoms with E-state index in [2.05, 4.69) is 34.3 Å². The standard InChI is InChI=1S/C16H19ClN4/c1-2-12-4-3-5-14(10-12)21-16(18)19-9-8-13-6-7-15(17)20-11-13/h3-7,10-11H,2,8-9H2,1H3,(H3,18,19,21). The fraction of sp³-hybridized carbons (Fsp3) is 0.250. The highest BCUT2D eigenvalue weighted by Crippen LogP contribution is 2.10. The topological polar surface area (TPSA) is 63.3 Å². The smallest absolute Gasteiger partial charge is 0.193 e. The second-order valence-corrected chi connectivity index (χ2v) is 5.07. The van der Waals surface area contributed by atoms with Crippen molar-refractivity contribution < 1.29 is 0 Å². The predicted molar refractivity (Wildman–Crippen MR) is 88.9 cm³/mol. The maximum absolute atomic E-state index is 5.89. The van der Waals surface area contributed by atoms with Crippen LogP contribution in [0.25, 0.3) is 0 Å². The van der Waals surface area contributed by atoms with Gasteiger partial charge in [0.05, 0.1) is 0 Å². The Labute approximate surface area is 130 Å². The fourth-order valence-electron chi connectivity index (χ4n) is 1.92. The third-order valence-electron chi connectivity index (χ3n) is 3.08. The molecule has 110 valence electrons. The van der Waals surface area contributed by atoms with Crippen molar-refractivity contribution in [1.29, 1.82) is 0 Å². The molecule has 0 atom stereocenters. The molecule has 3 N–H and O–H groups in total. The molecule has 0 fully saturated rings. The first kappa shape index (κ1) is 15.3. The molecule has 1 aromatic carbocycles. The number of nitrogens with zero attached hydrogens (tertiary/aromatic N) is 2. The van der Waals surface area contributed by atoms with Crippen LogP contribution in [0.2, 0.25) is 5.15 Å². The number of halogens is 1. The number of rotatable bonds is 5. The van der Waals surface area contributed by atoms with E-state index in [1.807, 2.05) is 18.2 Å². The maximum atomic E-state index is 5.89. The van der Waals surface area contributed by atoms with E-state index in [9.17, 15) is 0 Å². The Kier molecular flexibility index (Phi) is 5.58. The minimum atomic E-state index is 0.421. The summed E-state index contributed by atoms with van der Waals surface area (Å²) in [7, 11) is 0. The van der Waals surface area contributed by atoms with Crippen molar-refractivity contribution in [2.24, 2.45) is 10.7 Å². The number of aryl methyl sites for hydroxylation is 1. The molecule has 1 heterocycles. The SMILES string of the molecule is CCc1cccc(NC(N)=NCCc2ccc(Cl)nc2)c1. The zero-order valence-electron chi connectivity index (χ0n) is 12.0. The van der Waals surface area contributed by atoms with Gasteiger partial charge in [-0.05, 0) is 42.2 Å². The van der Waals surface area contributed by atoms with Gasteiger partial charge in [0.1, 0.15) is 5.15 Å². The van der Waals surface area contributed by atoms with E-state index in [0.717, 1.165) is 24.1 Å². The molecule has 2 aromatic rings. The number of anilines is 1. The first-order chi connectivity index (χ1) is 10.2. The Balaban J connectivity index is 1.87. The summed E-state index contributed by atoms with van der Waals surface area (Å²) in [6, 6.07) is 11.9. The number of aromatic nitrogens is 1. The number of benzene rings is 1. The van der Waals surface area contributed by atoms with Crippen molar-refractivity contribution in [3.05, 3.63) is 58.9 Å². The van der Waals surface area contributed by atoms with Crippen LogP contribution in [0.15, 0.2) is 47.6 Å². The van der Waals surface area contributed by atoms with Gasteiger partial charge >= 0.3 is 0 Å². The molecule has 0 amide bonds. The Morgan fingerprint density at radius 2 is 2.14 bits per heavy atom. The molecule has 0 bridgehead atoms. The zero-order chi connectivity index (χ0) is 15.1. The summed E-state index contributed by atoms with van der Waals surface area (Å²) in [6.07, 6.45) is 3.53. The van der Waals surface area contributed by atoms with Crippen LogP contribution in [-0.2, 0) is 12.8 Å². The quantitative estimate of drug-likeness (QED) is 0.506. The van der Waals surface area contributed by atoms with Crippen LogP contribution in [0.1, 0.15) is 18.1 Å². The first-order valence-electron chi connectivity index (χ1n) is 6.93. The Bertz CT molecular complexity index is 608. The van der Waals surface area contributed by atoms with E-state index in [1.54, 1.807) is 12.3 Å². The minimum Gasteiger partial charge on any atom is -0.370 e. The molecule has 0 spiro atoms. The Morgan fingerprint density at radius 3 is 2.86 bits per heavy atom. The summed E-state index contributed by atoms with van der Waals surface area (Å²) in [4.78, 5) is 8.35. The van der Waals surface area contributed by atoms with Gasteiger partial charge in [-0.15, -0.1) is 0 Å². The molecule has 1 aromatic heterocycles. The minimum absolute atomic E-state index is 0.421. The average Bonchev–Trinajstić information content (AvgIpc) is 2.49. The van der Waals surface area contributed by atoms with Gasteiger partial charge in [-0.1, -0.05) is 36.7 Å². The van der Waals surface area contributed by atoms with Gasteiger partial charge in [-0.25, -0.2) is 4.98 Å². The lowest BCUT2D eigenvalue weighted by Gasteiger charge is -2.07. The highest BCUT2D eigenvalue weighted by molar-refractivity contribution is 6.29. The molecule has 0 radical (unpaired) electrons. The third kappa shape index (κ3) is 5.08. The maximum Gasteiger partial charge on any atom is 0.193 e. The Morgan fingerprint density at radius 1 is 1.29 bits per heavy atom. The number of nitrogens with one attached hydrogen (secondary N) is 1. The van der Waals surface area contributed by atoms with E-state index in [-0.39, 0.29) is 0 Å². The van der Waals surface area contributed by atoms with Crippen LogP contribution in [0.4, 0.5) is 5.69 Å². The summed E-state index contributed by atoms with van der Waals surface area (Å²) in [5, 5.41) is 3.60. The zero-order valence-corrected chi connectivity index (χ0v) is 12.8. The van der Waals surface area contributed by atoms with Crippen LogP contribution >= 0.6 is 11.6 Å². The van der Waals surface area contributed by atoms with Crippen LogP contribution in [0.3, 0.4) is 0 Å². The average molecular weight is 303 g/mol. The molecule has 0 aliphatic rings. The second-order valence-electron chi connectivity index (χ2n) is 4.69. The second kappa shape index (κ2) is 7.64.